The van der Waals surface area contributed by atoms with Crippen LogP contribution in [-0.2, 0) is 0 Å². The Morgan fingerprint density at radius 2 is 1.96 bits per heavy atom. The summed E-state index contributed by atoms with van der Waals surface area (Å²) in [6, 6.07) is 15.6. The van der Waals surface area contributed by atoms with Gasteiger partial charge >= 0.3 is 0 Å². The maximum absolute atomic E-state index is 13.2. The predicted octanol–water partition coefficient (Wildman–Crippen LogP) is 3.97. The van der Waals surface area contributed by atoms with Gasteiger partial charge < -0.3 is 4.74 Å². The number of azo groups is 1. The number of Topliss-reactive ketones (excluding diaryl/α,β-unsaturated/α-hetero) is 1. The van der Waals surface area contributed by atoms with Gasteiger partial charge in [-0.15, -0.1) is 11.8 Å². The number of ketones is 1. The zero-order valence-corrected chi connectivity index (χ0v) is 13.5. The van der Waals surface area contributed by atoms with E-state index in [2.05, 4.69) is 10.2 Å². The number of fused-ring (bicyclic) bond motifs is 1. The smallest absolute Gasteiger partial charge is 0.194 e. The Bertz CT molecular complexity index is 788. The summed E-state index contributed by atoms with van der Waals surface area (Å²) in [5, 5.41) is 8.67. The van der Waals surface area contributed by atoms with Crippen molar-refractivity contribution in [2.24, 2.45) is 10.2 Å². The number of carbonyl (C=O) groups excluding carboxylic acids is 1. The molecule has 2 aromatic rings. The highest BCUT2D eigenvalue weighted by atomic mass is 32.2. The molecule has 0 saturated heterocycles. The van der Waals surface area contributed by atoms with Crippen LogP contribution in [0.1, 0.15) is 21.8 Å². The molecule has 2 heterocycles. The van der Waals surface area contributed by atoms with Crippen LogP contribution in [0.25, 0.3) is 0 Å². The van der Waals surface area contributed by atoms with Gasteiger partial charge in [0.05, 0.1) is 13.7 Å². The molecular weight excluding hydrogens is 308 g/mol. The number of hydrogen-bond donors (Lipinski definition) is 0. The Morgan fingerprint density at radius 3 is 2.74 bits per heavy atom. The molecule has 116 valence electrons. The number of rotatable bonds is 2. The summed E-state index contributed by atoms with van der Waals surface area (Å²) in [6.07, 6.45) is 0. The lowest BCUT2D eigenvalue weighted by molar-refractivity contribution is 0.0888. The van der Waals surface area contributed by atoms with Crippen molar-refractivity contribution in [2.75, 3.05) is 19.4 Å². The van der Waals surface area contributed by atoms with E-state index in [0.29, 0.717) is 12.3 Å². The first-order valence-corrected chi connectivity index (χ1v) is 8.52. The molecule has 2 aliphatic heterocycles. The molecule has 4 rings (SSSR count). The van der Waals surface area contributed by atoms with Gasteiger partial charge in [-0.05, 0) is 23.8 Å². The van der Waals surface area contributed by atoms with Crippen LogP contribution in [0.3, 0.4) is 0 Å². The topological polar surface area (TPSA) is 51.0 Å². The molecule has 4 nitrogen and oxygen atoms in total. The van der Waals surface area contributed by atoms with Gasteiger partial charge in [-0.3, -0.25) is 4.79 Å². The van der Waals surface area contributed by atoms with Crippen LogP contribution < -0.4 is 4.74 Å². The van der Waals surface area contributed by atoms with Crippen LogP contribution in [0.15, 0.2) is 63.7 Å². The fourth-order valence-corrected chi connectivity index (χ4v) is 4.54. The fourth-order valence-electron chi connectivity index (χ4n) is 3.29. The lowest BCUT2D eigenvalue weighted by Gasteiger charge is -2.34. The molecule has 0 aromatic heterocycles. The van der Waals surface area contributed by atoms with Crippen molar-refractivity contribution >= 4 is 17.5 Å². The van der Waals surface area contributed by atoms with Gasteiger partial charge in [0.2, 0.25) is 0 Å². The lowest BCUT2D eigenvalue weighted by Crippen LogP contribution is -2.46. The predicted molar refractivity (Wildman–Crippen MR) is 89.7 cm³/mol. The van der Waals surface area contributed by atoms with E-state index in [0.717, 1.165) is 21.8 Å². The van der Waals surface area contributed by atoms with Crippen molar-refractivity contribution in [3.63, 3.8) is 0 Å². The molecule has 2 aliphatic rings. The largest absolute Gasteiger partial charge is 0.497 e. The Kier molecular flexibility index (Phi) is 3.45. The van der Waals surface area contributed by atoms with Gasteiger partial charge in [0.1, 0.15) is 5.75 Å². The Hall–Kier alpha value is -2.14. The summed E-state index contributed by atoms with van der Waals surface area (Å²) >= 11 is 1.70. The molecule has 0 saturated carbocycles. The van der Waals surface area contributed by atoms with Crippen LogP contribution in [0.5, 0.6) is 5.75 Å². The number of methoxy groups -OCH3 is 1. The Labute approximate surface area is 139 Å². The zero-order chi connectivity index (χ0) is 15.9. The second-order valence-electron chi connectivity index (χ2n) is 5.79. The number of nitrogens with zero attached hydrogens (tertiary/aromatic N) is 2. The molecule has 2 aromatic carbocycles. The van der Waals surface area contributed by atoms with Crippen molar-refractivity contribution < 1.29 is 9.53 Å². The van der Waals surface area contributed by atoms with E-state index in [1.165, 1.54) is 0 Å². The molecule has 5 heteroatoms. The standard InChI is InChI=1S/C18H16N2O2S/c1-22-13-8-6-12(7-9-13)15-10-19-20-18(15)11-23-16-5-3-2-4-14(16)17(18)21/h2-9,15H,10-11H2,1H3. The third kappa shape index (κ3) is 2.18. The van der Waals surface area contributed by atoms with E-state index in [1.807, 2.05) is 48.5 Å². The summed E-state index contributed by atoms with van der Waals surface area (Å²) in [7, 11) is 1.65. The molecule has 1 spiro atoms. The maximum Gasteiger partial charge on any atom is 0.194 e. The highest BCUT2D eigenvalue weighted by Crippen LogP contribution is 2.47. The van der Waals surface area contributed by atoms with E-state index >= 15 is 0 Å². The number of hydrogen-bond acceptors (Lipinski definition) is 5. The summed E-state index contributed by atoms with van der Waals surface area (Å²) in [4.78, 5) is 14.2. The van der Waals surface area contributed by atoms with E-state index in [-0.39, 0.29) is 11.7 Å². The number of thioether (sulfide) groups is 1. The van der Waals surface area contributed by atoms with Crippen molar-refractivity contribution in [1.82, 2.24) is 0 Å². The molecule has 0 N–H and O–H groups in total. The minimum atomic E-state index is -0.770. The SMILES string of the molecule is COc1ccc(C2CN=NC23CSc2ccccc2C3=O)cc1. The van der Waals surface area contributed by atoms with Crippen molar-refractivity contribution in [3.8, 4) is 5.75 Å². The van der Waals surface area contributed by atoms with Gasteiger partial charge in [-0.25, -0.2) is 0 Å². The van der Waals surface area contributed by atoms with Gasteiger partial charge in [-0.2, -0.15) is 10.2 Å². The first-order chi connectivity index (χ1) is 11.2. The average Bonchev–Trinajstić information content (AvgIpc) is 3.03. The highest BCUT2D eigenvalue weighted by molar-refractivity contribution is 7.99. The second kappa shape index (κ2) is 5.49. The van der Waals surface area contributed by atoms with Crippen LogP contribution in [0.4, 0.5) is 0 Å². The van der Waals surface area contributed by atoms with Gasteiger partial charge in [-0.1, -0.05) is 30.3 Å². The lowest BCUT2D eigenvalue weighted by atomic mass is 9.76. The quantitative estimate of drug-likeness (QED) is 0.840. The van der Waals surface area contributed by atoms with E-state index < -0.39 is 5.54 Å². The molecule has 0 bridgehead atoms. The van der Waals surface area contributed by atoms with Gasteiger partial charge in [0, 0.05) is 22.1 Å². The van der Waals surface area contributed by atoms with E-state index in [9.17, 15) is 4.79 Å². The average molecular weight is 324 g/mol. The summed E-state index contributed by atoms with van der Waals surface area (Å²) in [6.45, 7) is 0.556. The third-order valence-electron chi connectivity index (χ3n) is 4.58. The third-order valence-corrected chi connectivity index (χ3v) is 5.83. The van der Waals surface area contributed by atoms with Crippen molar-refractivity contribution in [2.45, 2.75) is 16.4 Å². The summed E-state index contributed by atoms with van der Waals surface area (Å²) in [5.41, 5.74) is 1.08. The normalized spacial score (nSPS) is 25.6. The second-order valence-corrected chi connectivity index (χ2v) is 6.81. The molecule has 0 fully saturated rings. The van der Waals surface area contributed by atoms with Crippen molar-refractivity contribution in [1.29, 1.82) is 0 Å². The monoisotopic (exact) mass is 324 g/mol. The number of benzene rings is 2. The minimum absolute atomic E-state index is 0.0123. The van der Waals surface area contributed by atoms with Crippen LogP contribution in [0.2, 0.25) is 0 Å². The van der Waals surface area contributed by atoms with Crippen LogP contribution in [0, 0.1) is 0 Å². The van der Waals surface area contributed by atoms with E-state index in [4.69, 9.17) is 4.74 Å². The number of carbonyl (C=O) groups is 1. The highest BCUT2D eigenvalue weighted by Gasteiger charge is 2.52. The Balaban J connectivity index is 1.74. The van der Waals surface area contributed by atoms with Crippen molar-refractivity contribution in [3.05, 3.63) is 59.7 Å². The number of ether oxygens (including phenoxy) is 1. The molecule has 2 atom stereocenters. The molecular formula is C18H16N2O2S. The molecule has 2 unspecified atom stereocenters. The van der Waals surface area contributed by atoms with Gasteiger partial charge in [0.25, 0.3) is 0 Å². The zero-order valence-electron chi connectivity index (χ0n) is 12.7. The summed E-state index contributed by atoms with van der Waals surface area (Å²) < 4.78 is 5.22. The minimum Gasteiger partial charge on any atom is -0.497 e. The van der Waals surface area contributed by atoms with Crippen LogP contribution >= 0.6 is 11.8 Å². The first-order valence-electron chi connectivity index (χ1n) is 7.54. The fraction of sp³-hybridized carbons (Fsp3) is 0.278. The Morgan fingerprint density at radius 1 is 1.17 bits per heavy atom. The molecule has 23 heavy (non-hydrogen) atoms. The summed E-state index contributed by atoms with van der Waals surface area (Å²) in [5.74, 6) is 1.53. The molecule has 0 aliphatic carbocycles. The maximum atomic E-state index is 13.2. The molecule has 0 amide bonds. The van der Waals surface area contributed by atoms with Gasteiger partial charge in [0.15, 0.2) is 11.3 Å². The molecule has 0 radical (unpaired) electrons. The van der Waals surface area contributed by atoms with Crippen LogP contribution in [-0.4, -0.2) is 30.7 Å². The van der Waals surface area contributed by atoms with E-state index in [1.54, 1.807) is 18.9 Å². The first kappa shape index (κ1) is 14.5.